The Morgan fingerprint density at radius 2 is 2.04 bits per heavy atom. The minimum Gasteiger partial charge on any atom is -0.355 e. The maximum Gasteiger partial charge on any atom is 0.230 e. The molecule has 0 atom stereocenters. The number of fused-ring (bicyclic) bond motifs is 1. The molecule has 0 radical (unpaired) electrons. The summed E-state index contributed by atoms with van der Waals surface area (Å²) in [6.07, 6.45) is 4.90. The number of nitrogens with zero attached hydrogens (tertiary/aromatic N) is 4. The molecule has 3 aromatic heterocycles. The van der Waals surface area contributed by atoms with Crippen LogP contribution >= 0.6 is 11.8 Å². The van der Waals surface area contributed by atoms with Gasteiger partial charge in [-0.3, -0.25) is 9.48 Å². The number of aromatic nitrogens is 4. The number of carbonyl (C=O) groups excluding carboxylic acids is 1. The van der Waals surface area contributed by atoms with Crippen LogP contribution in [0.4, 0.5) is 0 Å². The van der Waals surface area contributed by atoms with Gasteiger partial charge in [-0.25, -0.2) is 4.98 Å². The molecule has 0 saturated heterocycles. The van der Waals surface area contributed by atoms with E-state index < -0.39 is 0 Å². The van der Waals surface area contributed by atoms with Crippen LogP contribution in [-0.2, 0) is 24.0 Å². The van der Waals surface area contributed by atoms with Crippen molar-refractivity contribution in [1.29, 1.82) is 0 Å². The normalized spacial score (nSPS) is 11.2. The van der Waals surface area contributed by atoms with E-state index in [0.29, 0.717) is 12.3 Å². The summed E-state index contributed by atoms with van der Waals surface area (Å²) in [6, 6.07) is 4.07. The highest BCUT2D eigenvalue weighted by Gasteiger charge is 2.10. The number of nitrogens with one attached hydrogen (secondary N) is 1. The SMILES string of the molecule is Cc1ccc2nc(CSCC(=O)NCCc3c(C)nn(C)c3C)cn2c1. The second kappa shape index (κ2) is 7.95. The Labute approximate surface area is 158 Å². The lowest BCUT2D eigenvalue weighted by atomic mass is 10.1. The summed E-state index contributed by atoms with van der Waals surface area (Å²) in [5, 5.41) is 7.40. The fourth-order valence-electron chi connectivity index (χ4n) is 3.03. The highest BCUT2D eigenvalue weighted by atomic mass is 32.2. The summed E-state index contributed by atoms with van der Waals surface area (Å²) in [6.45, 7) is 6.77. The van der Waals surface area contributed by atoms with Crippen molar-refractivity contribution in [3.8, 4) is 0 Å². The van der Waals surface area contributed by atoms with Gasteiger partial charge in [-0.05, 0) is 44.4 Å². The molecule has 0 unspecified atom stereocenters. The minimum atomic E-state index is 0.0637. The van der Waals surface area contributed by atoms with Gasteiger partial charge in [-0.2, -0.15) is 5.10 Å². The Bertz CT molecular complexity index is 928. The first-order valence-electron chi connectivity index (χ1n) is 8.72. The highest BCUT2D eigenvalue weighted by Crippen LogP contribution is 2.14. The molecule has 0 fully saturated rings. The molecule has 1 N–H and O–H groups in total. The zero-order valence-electron chi connectivity index (χ0n) is 15.7. The molecular weight excluding hydrogens is 346 g/mol. The van der Waals surface area contributed by atoms with Gasteiger partial charge in [0.1, 0.15) is 5.65 Å². The molecule has 0 aliphatic heterocycles. The van der Waals surface area contributed by atoms with Crippen molar-refractivity contribution in [2.24, 2.45) is 7.05 Å². The lowest BCUT2D eigenvalue weighted by molar-refractivity contribution is -0.118. The van der Waals surface area contributed by atoms with Gasteiger partial charge in [0.2, 0.25) is 5.91 Å². The van der Waals surface area contributed by atoms with Crippen molar-refractivity contribution in [1.82, 2.24) is 24.5 Å². The van der Waals surface area contributed by atoms with E-state index in [1.165, 1.54) is 11.1 Å². The molecule has 1 amide bonds. The molecule has 3 rings (SSSR count). The Morgan fingerprint density at radius 1 is 1.23 bits per heavy atom. The summed E-state index contributed by atoms with van der Waals surface area (Å²) in [4.78, 5) is 16.6. The molecule has 0 bridgehead atoms. The van der Waals surface area contributed by atoms with Gasteiger partial charge < -0.3 is 9.72 Å². The Kier molecular flexibility index (Phi) is 5.66. The number of thioether (sulfide) groups is 1. The molecule has 138 valence electrons. The van der Waals surface area contributed by atoms with E-state index in [1.807, 2.05) is 35.3 Å². The van der Waals surface area contributed by atoms with Crippen molar-refractivity contribution in [2.75, 3.05) is 12.3 Å². The standard InChI is InChI=1S/C19H25N5OS/c1-13-5-6-18-21-16(10-24(18)9-13)11-26-12-19(25)20-8-7-17-14(2)22-23(4)15(17)3/h5-6,9-10H,7-8,11-12H2,1-4H3,(H,20,25). The highest BCUT2D eigenvalue weighted by molar-refractivity contribution is 7.99. The first-order valence-corrected chi connectivity index (χ1v) is 9.87. The van der Waals surface area contributed by atoms with Crippen molar-refractivity contribution in [3.05, 3.63) is 52.7 Å². The van der Waals surface area contributed by atoms with Gasteiger partial charge >= 0.3 is 0 Å². The smallest absolute Gasteiger partial charge is 0.230 e. The van der Waals surface area contributed by atoms with Crippen LogP contribution in [0.25, 0.3) is 5.65 Å². The number of amides is 1. The van der Waals surface area contributed by atoms with Gasteiger partial charge in [0.05, 0.1) is 17.1 Å². The van der Waals surface area contributed by atoms with Gasteiger partial charge in [-0.1, -0.05) is 6.07 Å². The third kappa shape index (κ3) is 4.27. The van der Waals surface area contributed by atoms with Crippen LogP contribution in [0.15, 0.2) is 24.5 Å². The van der Waals surface area contributed by atoms with E-state index in [2.05, 4.69) is 41.5 Å². The van der Waals surface area contributed by atoms with Crippen LogP contribution in [-0.4, -0.2) is 37.4 Å². The zero-order chi connectivity index (χ0) is 18.7. The summed E-state index contributed by atoms with van der Waals surface area (Å²) in [5.74, 6) is 1.24. The number of hydrogen-bond acceptors (Lipinski definition) is 4. The first kappa shape index (κ1) is 18.5. The molecule has 6 nitrogen and oxygen atoms in total. The Balaban J connectivity index is 1.42. The minimum absolute atomic E-state index is 0.0637. The van der Waals surface area contributed by atoms with Crippen LogP contribution < -0.4 is 5.32 Å². The van der Waals surface area contributed by atoms with Crippen LogP contribution in [0.1, 0.15) is 28.2 Å². The third-order valence-electron chi connectivity index (χ3n) is 4.49. The summed E-state index contributed by atoms with van der Waals surface area (Å²) in [5.41, 5.74) is 6.56. The van der Waals surface area contributed by atoms with E-state index in [0.717, 1.165) is 34.9 Å². The van der Waals surface area contributed by atoms with E-state index in [-0.39, 0.29) is 5.91 Å². The summed E-state index contributed by atoms with van der Waals surface area (Å²) < 4.78 is 3.92. The van der Waals surface area contributed by atoms with Crippen molar-refractivity contribution >= 4 is 23.3 Å². The van der Waals surface area contributed by atoms with Crippen LogP contribution in [0.2, 0.25) is 0 Å². The van der Waals surface area contributed by atoms with E-state index in [9.17, 15) is 4.79 Å². The predicted octanol–water partition coefficient (Wildman–Crippen LogP) is 2.59. The molecule has 0 saturated carbocycles. The molecule has 26 heavy (non-hydrogen) atoms. The predicted molar refractivity (Wildman–Crippen MR) is 105 cm³/mol. The molecule has 3 heterocycles. The monoisotopic (exact) mass is 371 g/mol. The topological polar surface area (TPSA) is 64.2 Å². The Morgan fingerprint density at radius 3 is 2.77 bits per heavy atom. The van der Waals surface area contributed by atoms with E-state index >= 15 is 0 Å². The number of aryl methyl sites for hydroxylation is 3. The van der Waals surface area contributed by atoms with Crippen LogP contribution in [0.3, 0.4) is 0 Å². The summed E-state index contributed by atoms with van der Waals surface area (Å²) >= 11 is 1.59. The van der Waals surface area contributed by atoms with Crippen LogP contribution in [0.5, 0.6) is 0 Å². The van der Waals surface area contributed by atoms with Gasteiger partial charge in [0, 0.05) is 37.4 Å². The first-order chi connectivity index (χ1) is 12.4. The lowest BCUT2D eigenvalue weighted by Gasteiger charge is -2.05. The summed E-state index contributed by atoms with van der Waals surface area (Å²) in [7, 11) is 1.95. The third-order valence-corrected chi connectivity index (χ3v) is 5.45. The Hall–Kier alpha value is -2.28. The molecule has 7 heteroatoms. The number of carbonyl (C=O) groups is 1. The van der Waals surface area contributed by atoms with Crippen LogP contribution in [0, 0.1) is 20.8 Å². The quantitative estimate of drug-likeness (QED) is 0.693. The lowest BCUT2D eigenvalue weighted by Crippen LogP contribution is -2.27. The van der Waals surface area contributed by atoms with Crippen molar-refractivity contribution in [2.45, 2.75) is 32.9 Å². The average Bonchev–Trinajstić information content (AvgIpc) is 3.09. The number of imidazole rings is 1. The maximum absolute atomic E-state index is 12.0. The molecular formula is C19H25N5OS. The molecule has 0 aliphatic carbocycles. The molecule has 0 aliphatic rings. The fourth-order valence-corrected chi connectivity index (χ4v) is 3.77. The average molecular weight is 372 g/mol. The van der Waals surface area contributed by atoms with E-state index in [4.69, 9.17) is 0 Å². The van der Waals surface area contributed by atoms with Gasteiger partial charge in [-0.15, -0.1) is 11.8 Å². The molecule has 0 spiro atoms. The molecule has 0 aromatic carbocycles. The van der Waals surface area contributed by atoms with Gasteiger partial charge in [0.25, 0.3) is 0 Å². The zero-order valence-corrected chi connectivity index (χ0v) is 16.6. The number of hydrogen-bond donors (Lipinski definition) is 1. The van der Waals surface area contributed by atoms with Crippen molar-refractivity contribution in [3.63, 3.8) is 0 Å². The second-order valence-electron chi connectivity index (χ2n) is 6.57. The van der Waals surface area contributed by atoms with Gasteiger partial charge in [0.15, 0.2) is 0 Å². The van der Waals surface area contributed by atoms with Crippen molar-refractivity contribution < 1.29 is 4.79 Å². The number of rotatable bonds is 7. The molecule has 3 aromatic rings. The number of pyridine rings is 1. The second-order valence-corrected chi connectivity index (χ2v) is 7.56. The largest absolute Gasteiger partial charge is 0.355 e. The van der Waals surface area contributed by atoms with E-state index in [1.54, 1.807) is 11.8 Å². The maximum atomic E-state index is 12.0. The fraction of sp³-hybridized carbons (Fsp3) is 0.421.